The van der Waals surface area contributed by atoms with E-state index < -0.39 is 6.10 Å². The number of nitrogens with zero attached hydrogens (tertiary/aromatic N) is 1. The molecule has 6 heteroatoms. The molecule has 1 amide bonds. The molecule has 2 atom stereocenters. The number of rotatable bonds is 3. The highest BCUT2D eigenvalue weighted by Gasteiger charge is 2.27. The molecule has 1 N–H and O–H groups in total. The van der Waals surface area contributed by atoms with Crippen molar-refractivity contribution in [3.63, 3.8) is 0 Å². The fourth-order valence-corrected chi connectivity index (χ4v) is 2.49. The van der Waals surface area contributed by atoms with Gasteiger partial charge in [-0.1, -0.05) is 23.2 Å². The second-order valence-electron chi connectivity index (χ2n) is 4.92. The minimum absolute atomic E-state index is 0.00919. The lowest BCUT2D eigenvalue weighted by atomic mass is 10.2. The van der Waals surface area contributed by atoms with E-state index in [2.05, 4.69) is 5.32 Å². The number of amides is 1. The molecule has 0 spiro atoms. The predicted octanol–water partition coefficient (Wildman–Crippen LogP) is 2.58. The van der Waals surface area contributed by atoms with Crippen LogP contribution in [-0.4, -0.2) is 42.6 Å². The zero-order valence-electron chi connectivity index (χ0n) is 11.5. The van der Waals surface area contributed by atoms with Gasteiger partial charge in [-0.05, 0) is 26.0 Å². The van der Waals surface area contributed by atoms with Crippen molar-refractivity contribution >= 4 is 29.1 Å². The molecule has 0 bridgehead atoms. The minimum atomic E-state index is -0.548. The molecule has 1 aromatic rings. The van der Waals surface area contributed by atoms with Gasteiger partial charge in [0.05, 0.1) is 10.0 Å². The zero-order chi connectivity index (χ0) is 14.7. The van der Waals surface area contributed by atoms with Crippen molar-refractivity contribution in [2.75, 3.05) is 19.6 Å². The highest BCUT2D eigenvalue weighted by Crippen LogP contribution is 2.27. The van der Waals surface area contributed by atoms with Gasteiger partial charge in [0.2, 0.25) is 0 Å². The van der Waals surface area contributed by atoms with Gasteiger partial charge in [0.15, 0.2) is 6.10 Å². The molecule has 0 aliphatic carbocycles. The Balaban J connectivity index is 2.01. The van der Waals surface area contributed by atoms with Crippen molar-refractivity contribution in [1.82, 2.24) is 10.2 Å². The number of carbonyl (C=O) groups is 1. The normalized spacial score (nSPS) is 20.6. The molecule has 1 aliphatic heterocycles. The number of piperazine rings is 1. The molecule has 1 aromatic carbocycles. The summed E-state index contributed by atoms with van der Waals surface area (Å²) in [6.45, 7) is 6.10. The third-order valence-electron chi connectivity index (χ3n) is 3.34. The second-order valence-corrected chi connectivity index (χ2v) is 5.74. The number of carbonyl (C=O) groups excluding carboxylic acids is 1. The van der Waals surface area contributed by atoms with E-state index in [-0.39, 0.29) is 11.9 Å². The third-order valence-corrected chi connectivity index (χ3v) is 4.08. The maximum absolute atomic E-state index is 12.4. The van der Waals surface area contributed by atoms with Crippen LogP contribution in [-0.2, 0) is 4.79 Å². The van der Waals surface area contributed by atoms with E-state index >= 15 is 0 Å². The summed E-state index contributed by atoms with van der Waals surface area (Å²) in [6, 6.07) is 5.16. The fraction of sp³-hybridized carbons (Fsp3) is 0.500. The lowest BCUT2D eigenvalue weighted by Gasteiger charge is -2.35. The Hall–Kier alpha value is -0.970. The summed E-state index contributed by atoms with van der Waals surface area (Å²) in [4.78, 5) is 14.2. The van der Waals surface area contributed by atoms with Crippen molar-refractivity contribution in [3.8, 4) is 5.75 Å². The summed E-state index contributed by atoms with van der Waals surface area (Å²) in [5, 5.41) is 4.14. The van der Waals surface area contributed by atoms with Crippen LogP contribution in [0.25, 0.3) is 0 Å². The molecular formula is C14H18Cl2N2O2. The number of nitrogens with one attached hydrogen (secondary N) is 1. The van der Waals surface area contributed by atoms with Crippen LogP contribution >= 0.6 is 23.2 Å². The van der Waals surface area contributed by atoms with Gasteiger partial charge >= 0.3 is 0 Å². The largest absolute Gasteiger partial charge is 0.481 e. The van der Waals surface area contributed by atoms with Crippen LogP contribution in [0.2, 0.25) is 10.0 Å². The molecule has 1 aliphatic rings. The van der Waals surface area contributed by atoms with Crippen LogP contribution in [0, 0.1) is 0 Å². The van der Waals surface area contributed by atoms with Crippen LogP contribution < -0.4 is 10.1 Å². The van der Waals surface area contributed by atoms with Crippen molar-refractivity contribution in [2.45, 2.75) is 26.0 Å². The Morgan fingerprint density at radius 3 is 2.85 bits per heavy atom. The average molecular weight is 317 g/mol. The van der Waals surface area contributed by atoms with E-state index in [1.807, 2.05) is 11.8 Å². The molecule has 2 rings (SSSR count). The zero-order valence-corrected chi connectivity index (χ0v) is 13.0. The molecule has 4 nitrogen and oxygen atoms in total. The molecule has 20 heavy (non-hydrogen) atoms. The second kappa shape index (κ2) is 6.66. The monoisotopic (exact) mass is 316 g/mol. The molecular weight excluding hydrogens is 299 g/mol. The summed E-state index contributed by atoms with van der Waals surface area (Å²) in [5.74, 6) is 0.535. The Morgan fingerprint density at radius 2 is 2.20 bits per heavy atom. The molecule has 0 aromatic heterocycles. The Labute approximate surface area is 129 Å². The Morgan fingerprint density at radius 1 is 1.45 bits per heavy atom. The number of benzene rings is 1. The first kappa shape index (κ1) is 15.4. The van der Waals surface area contributed by atoms with Crippen LogP contribution in [0.5, 0.6) is 5.75 Å². The summed E-state index contributed by atoms with van der Waals surface area (Å²) in [7, 11) is 0. The fourth-order valence-electron chi connectivity index (χ4n) is 2.21. The topological polar surface area (TPSA) is 41.6 Å². The molecule has 110 valence electrons. The highest BCUT2D eigenvalue weighted by molar-refractivity contribution is 6.42. The van der Waals surface area contributed by atoms with E-state index in [1.165, 1.54) is 0 Å². The van der Waals surface area contributed by atoms with Gasteiger partial charge in [-0.3, -0.25) is 4.79 Å². The lowest BCUT2D eigenvalue weighted by Crippen LogP contribution is -2.55. The maximum Gasteiger partial charge on any atom is 0.263 e. The summed E-state index contributed by atoms with van der Waals surface area (Å²) < 4.78 is 5.66. The molecule has 1 saturated heterocycles. The summed E-state index contributed by atoms with van der Waals surface area (Å²) >= 11 is 11.8. The van der Waals surface area contributed by atoms with E-state index in [0.29, 0.717) is 22.3 Å². The van der Waals surface area contributed by atoms with Crippen LogP contribution in [0.3, 0.4) is 0 Å². The SMILES string of the molecule is CC(Oc1ccc(Cl)c(Cl)c1)C(=O)N1CCNCC1C. The first-order valence-corrected chi connectivity index (χ1v) is 7.37. The third kappa shape index (κ3) is 3.57. The highest BCUT2D eigenvalue weighted by atomic mass is 35.5. The van der Waals surface area contributed by atoms with Crippen molar-refractivity contribution in [2.24, 2.45) is 0 Å². The minimum Gasteiger partial charge on any atom is -0.481 e. The Bertz CT molecular complexity index is 496. The summed E-state index contributed by atoms with van der Waals surface area (Å²) in [5.41, 5.74) is 0. The van der Waals surface area contributed by atoms with Crippen molar-refractivity contribution < 1.29 is 9.53 Å². The Kier molecular flexibility index (Phi) is 5.13. The molecule has 0 saturated carbocycles. The maximum atomic E-state index is 12.4. The lowest BCUT2D eigenvalue weighted by molar-refractivity contribution is -0.140. The number of ether oxygens (including phenoxy) is 1. The summed E-state index contributed by atoms with van der Waals surface area (Å²) in [6.07, 6.45) is -0.548. The molecule has 2 unspecified atom stereocenters. The van der Waals surface area contributed by atoms with Crippen LogP contribution in [0.15, 0.2) is 18.2 Å². The van der Waals surface area contributed by atoms with Gasteiger partial charge in [0.25, 0.3) is 5.91 Å². The van der Waals surface area contributed by atoms with Gasteiger partial charge in [0.1, 0.15) is 5.75 Å². The molecule has 1 fully saturated rings. The van der Waals surface area contributed by atoms with Crippen LogP contribution in [0.4, 0.5) is 0 Å². The van der Waals surface area contributed by atoms with E-state index in [1.54, 1.807) is 25.1 Å². The average Bonchev–Trinajstić information content (AvgIpc) is 2.42. The van der Waals surface area contributed by atoms with E-state index in [9.17, 15) is 4.79 Å². The smallest absolute Gasteiger partial charge is 0.263 e. The molecule has 1 heterocycles. The number of hydrogen-bond acceptors (Lipinski definition) is 3. The first-order valence-electron chi connectivity index (χ1n) is 6.62. The number of hydrogen-bond donors (Lipinski definition) is 1. The van der Waals surface area contributed by atoms with Crippen molar-refractivity contribution in [1.29, 1.82) is 0 Å². The van der Waals surface area contributed by atoms with Gasteiger partial charge in [-0.25, -0.2) is 0 Å². The quantitative estimate of drug-likeness (QED) is 0.932. The predicted molar refractivity (Wildman–Crippen MR) is 80.6 cm³/mol. The van der Waals surface area contributed by atoms with E-state index in [0.717, 1.165) is 13.1 Å². The van der Waals surface area contributed by atoms with Gasteiger partial charge in [-0.15, -0.1) is 0 Å². The van der Waals surface area contributed by atoms with E-state index in [4.69, 9.17) is 27.9 Å². The standard InChI is InChI=1S/C14H18Cl2N2O2/c1-9-8-17-5-6-18(9)14(19)10(2)20-11-3-4-12(15)13(16)7-11/h3-4,7,9-10,17H,5-6,8H2,1-2H3. The van der Waals surface area contributed by atoms with Crippen molar-refractivity contribution in [3.05, 3.63) is 28.2 Å². The van der Waals surface area contributed by atoms with Gasteiger partial charge in [-0.2, -0.15) is 0 Å². The van der Waals surface area contributed by atoms with Gasteiger partial charge in [0, 0.05) is 31.7 Å². The van der Waals surface area contributed by atoms with Crippen LogP contribution in [0.1, 0.15) is 13.8 Å². The van der Waals surface area contributed by atoms with Gasteiger partial charge < -0.3 is 15.0 Å². The first-order chi connectivity index (χ1) is 9.49. The molecule has 0 radical (unpaired) electrons. The number of halogens is 2.